The molecule has 0 bridgehead atoms. The third-order valence-electron chi connectivity index (χ3n) is 3.04. The van der Waals surface area contributed by atoms with E-state index in [2.05, 4.69) is 57.9 Å². The average molecular weight is 269 g/mol. The Hall–Kier alpha value is -0.730. The van der Waals surface area contributed by atoms with Gasteiger partial charge in [-0.15, -0.1) is 0 Å². The molecule has 1 rings (SSSR count). The summed E-state index contributed by atoms with van der Waals surface area (Å²) in [4.78, 5) is 2.26. The van der Waals surface area contributed by atoms with Crippen molar-refractivity contribution in [2.45, 2.75) is 52.7 Å². The highest BCUT2D eigenvalue weighted by Crippen LogP contribution is 2.28. The zero-order valence-electron chi connectivity index (χ0n) is 12.3. The van der Waals surface area contributed by atoms with Crippen LogP contribution in [-0.2, 0) is 6.54 Å². The van der Waals surface area contributed by atoms with Gasteiger partial charge in [-0.1, -0.05) is 17.7 Å². The molecule has 2 nitrogen and oxygen atoms in total. The van der Waals surface area contributed by atoms with Crippen LogP contribution in [0.15, 0.2) is 18.2 Å². The number of hydrogen-bond acceptors (Lipinski definition) is 2. The molecule has 0 aliphatic carbocycles. The largest absolute Gasteiger partial charge is 0.372 e. The molecular formula is C15H25ClN2. The van der Waals surface area contributed by atoms with E-state index in [0.29, 0.717) is 6.04 Å². The molecule has 0 unspecified atom stereocenters. The predicted molar refractivity (Wildman–Crippen MR) is 81.6 cm³/mol. The zero-order valence-corrected chi connectivity index (χ0v) is 13.1. The molecular weight excluding hydrogens is 244 g/mol. The molecule has 18 heavy (non-hydrogen) atoms. The summed E-state index contributed by atoms with van der Waals surface area (Å²) < 4.78 is 0. The lowest BCUT2D eigenvalue weighted by molar-refractivity contribution is 0.424. The number of benzene rings is 1. The van der Waals surface area contributed by atoms with Crippen LogP contribution in [0, 0.1) is 0 Å². The van der Waals surface area contributed by atoms with Gasteiger partial charge in [0, 0.05) is 41.4 Å². The van der Waals surface area contributed by atoms with Crippen LogP contribution in [0.2, 0.25) is 5.02 Å². The number of hydrogen-bond donors (Lipinski definition) is 1. The molecule has 0 saturated heterocycles. The Bertz CT molecular complexity index is 394. The summed E-state index contributed by atoms with van der Waals surface area (Å²) in [5.41, 5.74) is 2.46. The van der Waals surface area contributed by atoms with Gasteiger partial charge in [0.1, 0.15) is 0 Å². The van der Waals surface area contributed by atoms with Crippen molar-refractivity contribution in [1.82, 2.24) is 5.32 Å². The normalized spacial score (nSPS) is 12.0. The number of nitrogens with one attached hydrogen (secondary N) is 1. The second kappa shape index (κ2) is 5.94. The smallest absolute Gasteiger partial charge is 0.0471 e. The average Bonchev–Trinajstić information content (AvgIpc) is 2.24. The van der Waals surface area contributed by atoms with Crippen molar-refractivity contribution in [3.63, 3.8) is 0 Å². The molecule has 0 saturated carbocycles. The van der Waals surface area contributed by atoms with E-state index in [4.69, 9.17) is 11.6 Å². The van der Waals surface area contributed by atoms with Crippen LogP contribution in [-0.4, -0.2) is 18.6 Å². The standard InChI is InChI=1S/C15H25ClN2/c1-11(2)18(6)14-9-7-8-13(16)12(14)10-17-15(3,4)5/h7-9,11,17H,10H2,1-6H3. The van der Waals surface area contributed by atoms with Crippen molar-refractivity contribution in [3.8, 4) is 0 Å². The lowest BCUT2D eigenvalue weighted by Crippen LogP contribution is -2.36. The Kier molecular flexibility index (Phi) is 5.06. The summed E-state index contributed by atoms with van der Waals surface area (Å²) in [6.45, 7) is 11.6. The van der Waals surface area contributed by atoms with Crippen molar-refractivity contribution in [2.24, 2.45) is 0 Å². The van der Waals surface area contributed by atoms with Crippen LogP contribution in [0.5, 0.6) is 0 Å². The zero-order chi connectivity index (χ0) is 13.9. The van der Waals surface area contributed by atoms with E-state index in [-0.39, 0.29) is 5.54 Å². The predicted octanol–water partition coefficient (Wildman–Crippen LogP) is 4.07. The van der Waals surface area contributed by atoms with Crippen molar-refractivity contribution in [1.29, 1.82) is 0 Å². The number of rotatable bonds is 4. The van der Waals surface area contributed by atoms with E-state index < -0.39 is 0 Å². The highest BCUT2D eigenvalue weighted by Gasteiger charge is 2.15. The monoisotopic (exact) mass is 268 g/mol. The van der Waals surface area contributed by atoms with Crippen LogP contribution < -0.4 is 10.2 Å². The third-order valence-corrected chi connectivity index (χ3v) is 3.40. The summed E-state index contributed by atoms with van der Waals surface area (Å²) in [6.07, 6.45) is 0. The maximum Gasteiger partial charge on any atom is 0.0471 e. The highest BCUT2D eigenvalue weighted by molar-refractivity contribution is 6.31. The molecule has 0 spiro atoms. The lowest BCUT2D eigenvalue weighted by Gasteiger charge is -2.28. The summed E-state index contributed by atoms with van der Waals surface area (Å²) in [5.74, 6) is 0. The first-order chi connectivity index (χ1) is 8.22. The molecule has 0 aromatic heterocycles. The van der Waals surface area contributed by atoms with Crippen LogP contribution >= 0.6 is 11.6 Å². The fraction of sp³-hybridized carbons (Fsp3) is 0.600. The minimum atomic E-state index is 0.0901. The van der Waals surface area contributed by atoms with Gasteiger partial charge in [-0.3, -0.25) is 0 Å². The highest BCUT2D eigenvalue weighted by atomic mass is 35.5. The SMILES string of the molecule is CC(C)N(C)c1cccc(Cl)c1CNC(C)(C)C. The van der Waals surface area contributed by atoms with Gasteiger partial charge in [0.05, 0.1) is 0 Å². The molecule has 102 valence electrons. The maximum absolute atomic E-state index is 6.34. The topological polar surface area (TPSA) is 15.3 Å². The van der Waals surface area contributed by atoms with Crippen LogP contribution in [0.1, 0.15) is 40.2 Å². The summed E-state index contributed by atoms with van der Waals surface area (Å²) in [6, 6.07) is 6.55. The van der Waals surface area contributed by atoms with Crippen LogP contribution in [0.25, 0.3) is 0 Å². The molecule has 0 fully saturated rings. The molecule has 3 heteroatoms. The first kappa shape index (κ1) is 15.3. The minimum absolute atomic E-state index is 0.0901. The van der Waals surface area contributed by atoms with Gasteiger partial charge < -0.3 is 10.2 Å². The van der Waals surface area contributed by atoms with E-state index in [1.807, 2.05) is 12.1 Å². The number of nitrogens with zero attached hydrogens (tertiary/aromatic N) is 1. The Labute approximate surface area is 116 Å². The van der Waals surface area contributed by atoms with Gasteiger partial charge >= 0.3 is 0 Å². The van der Waals surface area contributed by atoms with Gasteiger partial charge in [0.2, 0.25) is 0 Å². The summed E-state index contributed by atoms with van der Waals surface area (Å²) in [5, 5.41) is 4.33. The van der Waals surface area contributed by atoms with Crippen molar-refractivity contribution >= 4 is 17.3 Å². The van der Waals surface area contributed by atoms with E-state index in [0.717, 1.165) is 11.6 Å². The first-order valence-corrected chi connectivity index (χ1v) is 6.85. The van der Waals surface area contributed by atoms with Crippen molar-refractivity contribution < 1.29 is 0 Å². The van der Waals surface area contributed by atoms with E-state index in [9.17, 15) is 0 Å². The van der Waals surface area contributed by atoms with Gasteiger partial charge in [-0.2, -0.15) is 0 Å². The quantitative estimate of drug-likeness (QED) is 0.885. The summed E-state index contributed by atoms with van der Waals surface area (Å²) in [7, 11) is 2.11. The van der Waals surface area contributed by atoms with Gasteiger partial charge in [0.15, 0.2) is 0 Å². The summed E-state index contributed by atoms with van der Waals surface area (Å²) >= 11 is 6.34. The molecule has 0 amide bonds. The van der Waals surface area contributed by atoms with E-state index >= 15 is 0 Å². The maximum atomic E-state index is 6.34. The van der Waals surface area contributed by atoms with Gasteiger partial charge in [0.25, 0.3) is 0 Å². The number of halogens is 1. The van der Waals surface area contributed by atoms with Crippen molar-refractivity contribution in [2.75, 3.05) is 11.9 Å². The second-order valence-corrected chi connectivity index (χ2v) is 6.45. The van der Waals surface area contributed by atoms with E-state index in [1.54, 1.807) is 0 Å². The molecule has 0 atom stereocenters. The van der Waals surface area contributed by atoms with E-state index in [1.165, 1.54) is 11.3 Å². The van der Waals surface area contributed by atoms with Crippen LogP contribution in [0.4, 0.5) is 5.69 Å². The molecule has 1 aromatic rings. The molecule has 0 aliphatic heterocycles. The third kappa shape index (κ3) is 4.18. The van der Waals surface area contributed by atoms with Gasteiger partial charge in [-0.25, -0.2) is 0 Å². The fourth-order valence-electron chi connectivity index (χ4n) is 1.68. The fourth-order valence-corrected chi connectivity index (χ4v) is 1.92. The number of anilines is 1. The Morgan fingerprint density at radius 3 is 2.39 bits per heavy atom. The minimum Gasteiger partial charge on any atom is -0.372 e. The molecule has 1 aromatic carbocycles. The first-order valence-electron chi connectivity index (χ1n) is 6.47. The molecule has 0 heterocycles. The van der Waals surface area contributed by atoms with Crippen molar-refractivity contribution in [3.05, 3.63) is 28.8 Å². The molecule has 1 N–H and O–H groups in total. The molecule has 0 radical (unpaired) electrons. The Morgan fingerprint density at radius 1 is 1.28 bits per heavy atom. The Morgan fingerprint density at radius 2 is 1.89 bits per heavy atom. The second-order valence-electron chi connectivity index (χ2n) is 6.05. The Balaban J connectivity index is 3.01. The lowest BCUT2D eigenvalue weighted by atomic mass is 10.1. The van der Waals surface area contributed by atoms with Crippen LogP contribution in [0.3, 0.4) is 0 Å². The van der Waals surface area contributed by atoms with Gasteiger partial charge in [-0.05, 0) is 46.8 Å². The molecule has 0 aliphatic rings.